The van der Waals surface area contributed by atoms with Crippen LogP contribution >= 0.6 is 0 Å². The van der Waals surface area contributed by atoms with Crippen LogP contribution in [0, 0.1) is 0 Å². The number of carbonyl (C=O) groups excluding carboxylic acids is 1. The van der Waals surface area contributed by atoms with E-state index in [1.807, 2.05) is 51.1 Å². The third-order valence-corrected chi connectivity index (χ3v) is 7.95. The number of fused-ring (bicyclic) bond motifs is 1. The zero-order valence-corrected chi connectivity index (χ0v) is 23.7. The van der Waals surface area contributed by atoms with Gasteiger partial charge in [-0.05, 0) is 74.5 Å². The van der Waals surface area contributed by atoms with Gasteiger partial charge >= 0.3 is 6.09 Å². The maximum atomic E-state index is 12.7. The Kier molecular flexibility index (Phi) is 7.14. The Balaban J connectivity index is 1.39. The van der Waals surface area contributed by atoms with E-state index in [4.69, 9.17) is 9.72 Å². The predicted molar refractivity (Wildman–Crippen MR) is 156 cm³/mol. The van der Waals surface area contributed by atoms with Gasteiger partial charge in [-0.1, -0.05) is 24.3 Å². The molecule has 0 aliphatic carbocycles. The molecule has 1 aliphatic heterocycles. The highest BCUT2D eigenvalue weighted by molar-refractivity contribution is 7.90. The molecule has 1 atom stereocenters. The molecule has 0 spiro atoms. The van der Waals surface area contributed by atoms with Gasteiger partial charge in [0, 0.05) is 42.7 Å². The number of likely N-dealkylation sites (tertiary alicyclic amines) is 1. The molecule has 40 heavy (non-hydrogen) atoms. The maximum Gasteiger partial charge on any atom is 0.410 e. The Morgan fingerprint density at radius 2 is 1.77 bits per heavy atom. The standard InChI is InChI=1S/C30H32N4O5S/c1-30(2,3)39-29(36)34-16-14-22(18-34)19-5-9-23(10-6-19)32-27-26-21(13-15-31-28(26)35)17-25(33-27)20-7-11-24(12-8-20)40(4,37)38/h5-13,15,17,22H,14,16,18H2,1-4H3,(H,31,35)(H,32,33). The third-order valence-electron chi connectivity index (χ3n) is 6.82. The van der Waals surface area contributed by atoms with Crippen molar-refractivity contribution in [3.05, 3.63) is 82.8 Å². The SMILES string of the molecule is CC(C)(C)OC(=O)N1CCC(c2ccc(Nc3nc(-c4ccc(S(C)(=O)=O)cc4)cc4cc[nH]c(=O)c34)cc2)C1. The first-order valence-electron chi connectivity index (χ1n) is 13.1. The van der Waals surface area contributed by atoms with Crippen molar-refractivity contribution in [1.82, 2.24) is 14.9 Å². The highest BCUT2D eigenvalue weighted by Crippen LogP contribution is 2.31. The number of rotatable bonds is 5. The van der Waals surface area contributed by atoms with Crippen molar-refractivity contribution in [2.24, 2.45) is 0 Å². The molecule has 1 amide bonds. The molecule has 0 saturated carbocycles. The second kappa shape index (κ2) is 10.4. The number of H-pyrrole nitrogens is 1. The quantitative estimate of drug-likeness (QED) is 0.332. The van der Waals surface area contributed by atoms with Crippen LogP contribution in [0.25, 0.3) is 22.0 Å². The van der Waals surface area contributed by atoms with E-state index in [0.29, 0.717) is 35.4 Å². The molecule has 5 rings (SSSR count). The number of sulfone groups is 1. The lowest BCUT2D eigenvalue weighted by atomic mass is 9.98. The van der Waals surface area contributed by atoms with Crippen LogP contribution in [0.5, 0.6) is 0 Å². The number of aromatic amines is 1. The topological polar surface area (TPSA) is 121 Å². The van der Waals surface area contributed by atoms with Crippen LogP contribution in [0.15, 0.2) is 76.6 Å². The molecule has 10 heteroatoms. The summed E-state index contributed by atoms with van der Waals surface area (Å²) in [7, 11) is -3.32. The van der Waals surface area contributed by atoms with Crippen molar-refractivity contribution in [1.29, 1.82) is 0 Å². The molecule has 1 aliphatic rings. The zero-order valence-electron chi connectivity index (χ0n) is 22.9. The van der Waals surface area contributed by atoms with Crippen LogP contribution in [0.1, 0.15) is 38.7 Å². The number of hydrogen-bond acceptors (Lipinski definition) is 7. The summed E-state index contributed by atoms with van der Waals surface area (Å²) in [5.41, 5.74) is 2.41. The molecule has 1 saturated heterocycles. The van der Waals surface area contributed by atoms with E-state index in [1.165, 1.54) is 6.26 Å². The average Bonchev–Trinajstić information content (AvgIpc) is 3.38. The van der Waals surface area contributed by atoms with E-state index in [9.17, 15) is 18.0 Å². The highest BCUT2D eigenvalue weighted by Gasteiger charge is 2.30. The summed E-state index contributed by atoms with van der Waals surface area (Å²) in [5, 5.41) is 4.42. The van der Waals surface area contributed by atoms with Crippen molar-refractivity contribution in [2.45, 2.75) is 43.6 Å². The first kappa shape index (κ1) is 27.4. The number of benzene rings is 2. The number of carbonyl (C=O) groups is 1. The number of ether oxygens (including phenoxy) is 1. The Morgan fingerprint density at radius 3 is 2.42 bits per heavy atom. The van der Waals surface area contributed by atoms with Gasteiger partial charge < -0.3 is 19.9 Å². The van der Waals surface area contributed by atoms with Gasteiger partial charge in [0.05, 0.1) is 16.0 Å². The molecule has 208 valence electrons. The maximum absolute atomic E-state index is 12.7. The number of aromatic nitrogens is 2. The summed E-state index contributed by atoms with van der Waals surface area (Å²) in [5.74, 6) is 0.604. The van der Waals surface area contributed by atoms with E-state index in [2.05, 4.69) is 10.3 Å². The van der Waals surface area contributed by atoms with Crippen LogP contribution in [0.4, 0.5) is 16.3 Å². The smallest absolute Gasteiger partial charge is 0.410 e. The van der Waals surface area contributed by atoms with Crippen LogP contribution in [-0.4, -0.2) is 54.3 Å². The third kappa shape index (κ3) is 6.02. The number of amides is 1. The monoisotopic (exact) mass is 560 g/mol. The van der Waals surface area contributed by atoms with E-state index in [0.717, 1.165) is 23.2 Å². The number of nitrogens with zero attached hydrogens (tertiary/aromatic N) is 2. The normalized spacial score (nSPS) is 15.8. The lowest BCUT2D eigenvalue weighted by Crippen LogP contribution is -2.35. The molecule has 3 heterocycles. The van der Waals surface area contributed by atoms with Gasteiger partial charge in [-0.15, -0.1) is 0 Å². The summed E-state index contributed by atoms with van der Waals surface area (Å²) in [6.45, 7) is 6.83. The zero-order chi connectivity index (χ0) is 28.7. The Bertz CT molecular complexity index is 1720. The molecule has 2 aromatic carbocycles. The Morgan fingerprint density at radius 1 is 1.07 bits per heavy atom. The summed E-state index contributed by atoms with van der Waals surface area (Å²) in [6, 6.07) is 18.0. The summed E-state index contributed by atoms with van der Waals surface area (Å²) < 4.78 is 29.2. The van der Waals surface area contributed by atoms with E-state index in [1.54, 1.807) is 41.4 Å². The van der Waals surface area contributed by atoms with Crippen molar-refractivity contribution in [2.75, 3.05) is 24.7 Å². The molecule has 1 fully saturated rings. The number of hydrogen-bond donors (Lipinski definition) is 2. The second-order valence-electron chi connectivity index (χ2n) is 11.1. The largest absolute Gasteiger partial charge is 0.444 e. The van der Waals surface area contributed by atoms with Gasteiger partial charge in [-0.3, -0.25) is 4.79 Å². The summed E-state index contributed by atoms with van der Waals surface area (Å²) in [4.78, 5) is 34.6. The van der Waals surface area contributed by atoms with E-state index >= 15 is 0 Å². The first-order valence-corrected chi connectivity index (χ1v) is 14.9. The van der Waals surface area contributed by atoms with Gasteiger partial charge in [0.15, 0.2) is 9.84 Å². The molecule has 0 radical (unpaired) electrons. The fourth-order valence-corrected chi connectivity index (χ4v) is 5.46. The molecular formula is C30H32N4O5S. The Labute approximate surface area is 233 Å². The summed E-state index contributed by atoms with van der Waals surface area (Å²) in [6.07, 6.45) is 3.32. The van der Waals surface area contributed by atoms with Crippen molar-refractivity contribution in [3.63, 3.8) is 0 Å². The molecule has 0 bridgehead atoms. The van der Waals surface area contributed by atoms with Gasteiger partial charge in [0.1, 0.15) is 11.4 Å². The fourth-order valence-electron chi connectivity index (χ4n) is 4.83. The van der Waals surface area contributed by atoms with Gasteiger partial charge in [-0.25, -0.2) is 18.2 Å². The van der Waals surface area contributed by atoms with Crippen molar-refractivity contribution < 1.29 is 17.9 Å². The molecule has 1 unspecified atom stereocenters. The molecule has 2 aromatic heterocycles. The minimum atomic E-state index is -3.32. The number of anilines is 2. The number of nitrogens with one attached hydrogen (secondary N) is 2. The lowest BCUT2D eigenvalue weighted by Gasteiger charge is -2.24. The lowest BCUT2D eigenvalue weighted by molar-refractivity contribution is 0.0292. The Hall–Kier alpha value is -4.18. The van der Waals surface area contributed by atoms with Crippen LogP contribution in [-0.2, 0) is 14.6 Å². The first-order chi connectivity index (χ1) is 18.9. The van der Waals surface area contributed by atoms with Gasteiger partial charge in [-0.2, -0.15) is 0 Å². The second-order valence-corrected chi connectivity index (χ2v) is 13.1. The molecule has 2 N–H and O–H groups in total. The van der Waals surface area contributed by atoms with Gasteiger partial charge in [0.2, 0.25) is 0 Å². The number of pyridine rings is 2. The summed E-state index contributed by atoms with van der Waals surface area (Å²) >= 11 is 0. The van der Waals surface area contributed by atoms with Crippen molar-refractivity contribution >= 4 is 38.2 Å². The minimum absolute atomic E-state index is 0.210. The van der Waals surface area contributed by atoms with E-state index in [-0.39, 0.29) is 22.5 Å². The average molecular weight is 561 g/mol. The fraction of sp³-hybridized carbons (Fsp3) is 0.300. The highest BCUT2D eigenvalue weighted by atomic mass is 32.2. The van der Waals surface area contributed by atoms with Gasteiger partial charge in [0.25, 0.3) is 5.56 Å². The van der Waals surface area contributed by atoms with Crippen LogP contribution in [0.3, 0.4) is 0 Å². The van der Waals surface area contributed by atoms with Crippen molar-refractivity contribution in [3.8, 4) is 11.3 Å². The van der Waals surface area contributed by atoms with Crippen LogP contribution < -0.4 is 10.9 Å². The molecule has 9 nitrogen and oxygen atoms in total. The van der Waals surface area contributed by atoms with E-state index < -0.39 is 15.4 Å². The minimum Gasteiger partial charge on any atom is -0.444 e. The molecule has 4 aromatic rings. The predicted octanol–water partition coefficient (Wildman–Crippen LogP) is 5.46. The van der Waals surface area contributed by atoms with Crippen LogP contribution in [0.2, 0.25) is 0 Å². The molecular weight excluding hydrogens is 528 g/mol.